The number of nitrogens with zero attached hydrogens (tertiary/aromatic N) is 4. The second kappa shape index (κ2) is 17.7. The summed E-state index contributed by atoms with van der Waals surface area (Å²) in [4.78, 5) is 59.4. The summed E-state index contributed by atoms with van der Waals surface area (Å²) in [5.41, 5.74) is 5.95. The molecule has 7 rings (SSSR count). The molecule has 5 aromatic rings. The molecule has 1 unspecified atom stereocenters. The lowest BCUT2D eigenvalue weighted by Crippen LogP contribution is -2.54. The lowest BCUT2D eigenvalue weighted by atomic mass is 10.0. The van der Waals surface area contributed by atoms with Gasteiger partial charge in [0, 0.05) is 66.2 Å². The molecular formula is C41H43N5O9. The average molecular weight is 750 g/mol. The summed E-state index contributed by atoms with van der Waals surface area (Å²) in [5.74, 6) is -1.80. The number of aryl methyl sites for hydroxylation is 2. The van der Waals surface area contributed by atoms with Gasteiger partial charge >= 0.3 is 0 Å². The molecule has 0 aliphatic carbocycles. The molecule has 4 amide bonds. The second-order valence-corrected chi connectivity index (χ2v) is 13.3. The van der Waals surface area contributed by atoms with Gasteiger partial charge in [0.2, 0.25) is 11.8 Å². The fourth-order valence-electron chi connectivity index (χ4n) is 6.85. The van der Waals surface area contributed by atoms with Gasteiger partial charge in [0.25, 0.3) is 11.8 Å². The van der Waals surface area contributed by atoms with Gasteiger partial charge in [0.1, 0.15) is 18.4 Å². The number of rotatable bonds is 19. The van der Waals surface area contributed by atoms with E-state index in [9.17, 15) is 19.2 Å². The predicted octanol–water partition coefficient (Wildman–Crippen LogP) is 4.27. The molecule has 2 aromatic carbocycles. The minimum absolute atomic E-state index is 0.0651. The molecule has 14 nitrogen and oxygen atoms in total. The van der Waals surface area contributed by atoms with E-state index in [0.29, 0.717) is 58.6 Å². The molecule has 286 valence electrons. The zero-order valence-electron chi connectivity index (χ0n) is 30.7. The zero-order valence-corrected chi connectivity index (χ0v) is 30.7. The van der Waals surface area contributed by atoms with E-state index in [4.69, 9.17) is 23.7 Å². The van der Waals surface area contributed by atoms with E-state index in [0.717, 1.165) is 39.9 Å². The Morgan fingerprint density at radius 2 is 1.42 bits per heavy atom. The molecule has 2 aliphatic rings. The van der Waals surface area contributed by atoms with Crippen molar-refractivity contribution in [2.24, 2.45) is 7.05 Å². The topological polar surface area (TPSA) is 160 Å². The number of carbonyl (C=O) groups excluding carboxylic acids is 4. The third-order valence-corrected chi connectivity index (χ3v) is 9.71. The lowest BCUT2D eigenvalue weighted by molar-refractivity contribution is -0.136. The highest BCUT2D eigenvalue weighted by Crippen LogP contribution is 2.32. The summed E-state index contributed by atoms with van der Waals surface area (Å²) < 4.78 is 30.3. The minimum Gasteiger partial charge on any atom is -0.491 e. The molecule has 55 heavy (non-hydrogen) atoms. The summed E-state index contributed by atoms with van der Waals surface area (Å²) >= 11 is 0. The number of pyridine rings is 2. The highest BCUT2D eigenvalue weighted by atomic mass is 16.6. The Kier molecular flexibility index (Phi) is 12.2. The zero-order chi connectivity index (χ0) is 38.1. The van der Waals surface area contributed by atoms with E-state index in [-0.39, 0.29) is 30.6 Å². The molecule has 1 atom stereocenters. The van der Waals surface area contributed by atoms with Crippen LogP contribution in [0, 0.1) is 0 Å². The van der Waals surface area contributed by atoms with Crippen LogP contribution < -0.4 is 10.1 Å². The van der Waals surface area contributed by atoms with E-state index in [2.05, 4.69) is 57.2 Å². The SMILES string of the molecule is Cn1c2ccncc2c2ccc(-c3ccc(CCCOCCOCCOCCOCCOc4ccc5c(c4)C(=O)N(C4CCC(=O)NC4=O)C5=O)nc3)cc21. The van der Waals surface area contributed by atoms with E-state index >= 15 is 0 Å². The van der Waals surface area contributed by atoms with Crippen molar-refractivity contribution in [3.05, 3.63) is 90.0 Å². The maximum atomic E-state index is 13.0. The highest BCUT2D eigenvalue weighted by molar-refractivity contribution is 6.23. The number of hydrogen-bond acceptors (Lipinski definition) is 11. The van der Waals surface area contributed by atoms with Gasteiger partial charge in [-0.05, 0) is 61.2 Å². The number of imide groups is 2. The van der Waals surface area contributed by atoms with Crippen LogP contribution in [-0.4, -0.2) is 109 Å². The number of piperidine rings is 1. The third kappa shape index (κ3) is 8.73. The van der Waals surface area contributed by atoms with Crippen LogP contribution in [0.2, 0.25) is 0 Å². The van der Waals surface area contributed by atoms with Crippen molar-refractivity contribution in [1.82, 2.24) is 24.8 Å². The van der Waals surface area contributed by atoms with Gasteiger partial charge in [-0.2, -0.15) is 0 Å². The number of aromatic nitrogens is 3. The summed E-state index contributed by atoms with van der Waals surface area (Å²) in [7, 11) is 2.08. The van der Waals surface area contributed by atoms with Crippen LogP contribution in [0.25, 0.3) is 32.9 Å². The number of ether oxygens (including phenoxy) is 5. The van der Waals surface area contributed by atoms with E-state index < -0.39 is 29.7 Å². The van der Waals surface area contributed by atoms with Crippen LogP contribution in [0.4, 0.5) is 0 Å². The Morgan fingerprint density at radius 3 is 2.15 bits per heavy atom. The molecule has 0 spiro atoms. The molecule has 0 radical (unpaired) electrons. The standard InChI is InChI=1S/C41H43N5O9/c1-45-35-12-13-42-26-34(35)31-8-5-27(23-37(31)45)28-4-6-29(43-25-28)3-2-14-51-15-16-52-17-18-53-19-20-54-21-22-55-30-7-9-32-33(24-30)41(50)46(40(32)49)36-10-11-38(47)44-39(36)48/h4-9,12-13,23-26,36H,2-3,10-11,14-22H2,1H3,(H,44,47,48). The largest absolute Gasteiger partial charge is 0.491 e. The van der Waals surface area contributed by atoms with E-state index in [1.807, 2.05) is 24.7 Å². The molecule has 1 saturated heterocycles. The molecule has 3 aromatic heterocycles. The fraction of sp³-hybridized carbons (Fsp3) is 0.366. The van der Waals surface area contributed by atoms with Gasteiger partial charge in [-0.1, -0.05) is 18.2 Å². The van der Waals surface area contributed by atoms with E-state index in [1.54, 1.807) is 6.07 Å². The number of benzene rings is 2. The van der Waals surface area contributed by atoms with Crippen molar-refractivity contribution < 1.29 is 42.9 Å². The van der Waals surface area contributed by atoms with Gasteiger partial charge in [-0.3, -0.25) is 39.4 Å². The maximum absolute atomic E-state index is 13.0. The monoisotopic (exact) mass is 749 g/mol. The third-order valence-electron chi connectivity index (χ3n) is 9.71. The highest BCUT2D eigenvalue weighted by Gasteiger charge is 2.44. The van der Waals surface area contributed by atoms with Crippen LogP contribution in [0.15, 0.2) is 73.2 Å². The van der Waals surface area contributed by atoms with Gasteiger partial charge in [-0.15, -0.1) is 0 Å². The molecular weight excluding hydrogens is 706 g/mol. The Bertz CT molecular complexity index is 2180. The maximum Gasteiger partial charge on any atom is 0.262 e. The lowest BCUT2D eigenvalue weighted by Gasteiger charge is -2.27. The van der Waals surface area contributed by atoms with Crippen molar-refractivity contribution in [3.8, 4) is 16.9 Å². The quantitative estimate of drug-likeness (QED) is 0.0949. The van der Waals surface area contributed by atoms with Crippen LogP contribution >= 0.6 is 0 Å². The first kappa shape index (κ1) is 37.8. The minimum atomic E-state index is -1.01. The van der Waals surface area contributed by atoms with Crippen molar-refractivity contribution in [2.75, 3.05) is 59.5 Å². The first-order valence-corrected chi connectivity index (χ1v) is 18.5. The fourth-order valence-corrected chi connectivity index (χ4v) is 6.85. The smallest absolute Gasteiger partial charge is 0.262 e. The molecule has 14 heteroatoms. The molecule has 0 bridgehead atoms. The summed E-state index contributed by atoms with van der Waals surface area (Å²) in [6.07, 6.45) is 7.56. The molecule has 2 aliphatic heterocycles. The first-order valence-electron chi connectivity index (χ1n) is 18.5. The second-order valence-electron chi connectivity index (χ2n) is 13.3. The molecule has 1 fully saturated rings. The number of amides is 4. The van der Waals surface area contributed by atoms with Crippen LogP contribution in [-0.2, 0) is 42.0 Å². The Morgan fingerprint density at radius 1 is 0.709 bits per heavy atom. The van der Waals surface area contributed by atoms with Crippen LogP contribution in [0.1, 0.15) is 45.7 Å². The molecule has 1 N–H and O–H groups in total. The summed E-state index contributed by atoms with van der Waals surface area (Å²) in [6.45, 7) is 3.82. The number of hydrogen-bond donors (Lipinski definition) is 1. The number of nitrogens with one attached hydrogen (secondary N) is 1. The predicted molar refractivity (Wildman–Crippen MR) is 202 cm³/mol. The Labute approximate surface area is 317 Å². The van der Waals surface area contributed by atoms with Crippen molar-refractivity contribution in [1.29, 1.82) is 0 Å². The Hall–Kier alpha value is -5.54. The van der Waals surface area contributed by atoms with Gasteiger partial charge in [0.15, 0.2) is 0 Å². The van der Waals surface area contributed by atoms with Crippen molar-refractivity contribution >= 4 is 45.4 Å². The number of carbonyl (C=O) groups is 4. The van der Waals surface area contributed by atoms with Crippen LogP contribution in [0.3, 0.4) is 0 Å². The number of fused-ring (bicyclic) bond motifs is 4. The van der Waals surface area contributed by atoms with Crippen molar-refractivity contribution in [3.63, 3.8) is 0 Å². The van der Waals surface area contributed by atoms with Gasteiger partial charge in [-0.25, -0.2) is 0 Å². The first-order chi connectivity index (χ1) is 26.9. The van der Waals surface area contributed by atoms with Crippen molar-refractivity contribution in [2.45, 2.75) is 31.7 Å². The van der Waals surface area contributed by atoms with E-state index in [1.165, 1.54) is 28.6 Å². The van der Waals surface area contributed by atoms with Crippen LogP contribution in [0.5, 0.6) is 5.75 Å². The van der Waals surface area contributed by atoms with Gasteiger partial charge < -0.3 is 28.3 Å². The Balaban J connectivity index is 0.693. The summed E-state index contributed by atoms with van der Waals surface area (Å²) in [5, 5.41) is 4.54. The molecule has 5 heterocycles. The normalized spacial score (nSPS) is 15.7. The van der Waals surface area contributed by atoms with Gasteiger partial charge in [0.05, 0.1) is 62.9 Å². The molecule has 0 saturated carbocycles. The average Bonchev–Trinajstić information content (AvgIpc) is 3.62. The summed E-state index contributed by atoms with van der Waals surface area (Å²) in [6, 6.07) is 16.3.